The van der Waals surface area contributed by atoms with Crippen LogP contribution in [0.15, 0.2) is 142 Å². The zero-order chi connectivity index (χ0) is 32.5. The fourth-order valence-corrected chi connectivity index (χ4v) is 7.51. The van der Waals surface area contributed by atoms with Gasteiger partial charge >= 0.3 is 0 Å². The number of allylic oxidation sites excluding steroid dienone is 7. The molecule has 0 radical (unpaired) electrons. The van der Waals surface area contributed by atoms with Crippen LogP contribution in [0.2, 0.25) is 0 Å². The third-order valence-corrected chi connectivity index (χ3v) is 9.91. The van der Waals surface area contributed by atoms with Gasteiger partial charge in [-0.1, -0.05) is 94.3 Å². The first kappa shape index (κ1) is 32.1. The average molecular weight is 739 g/mol. The smallest absolute Gasteiger partial charge is 0.215 e. The fraction of sp³-hybridized carbons (Fsp3) is 0.225. The van der Waals surface area contributed by atoms with E-state index >= 15 is 0 Å². The van der Waals surface area contributed by atoms with E-state index in [0.717, 1.165) is 30.6 Å². The molecule has 0 saturated heterocycles. The molecule has 46 heavy (non-hydrogen) atoms. The summed E-state index contributed by atoms with van der Waals surface area (Å²) >= 11 is 7.04. The summed E-state index contributed by atoms with van der Waals surface area (Å²) in [5, 5.41) is 13.7. The number of benzene rings is 3. The highest BCUT2D eigenvalue weighted by Crippen LogP contribution is 2.48. The minimum Gasteiger partial charge on any atom is -0.508 e. The molecule has 6 heteroatoms. The lowest BCUT2D eigenvalue weighted by atomic mass is 9.81. The maximum Gasteiger partial charge on any atom is 0.215 e. The third kappa shape index (κ3) is 5.89. The fourth-order valence-electron chi connectivity index (χ4n) is 7.04. The predicted molar refractivity (Wildman–Crippen MR) is 200 cm³/mol. The summed E-state index contributed by atoms with van der Waals surface area (Å²) in [4.78, 5) is 6.12. The number of aromatic hydroxyl groups is 1. The van der Waals surface area contributed by atoms with Crippen LogP contribution < -0.4 is 10.2 Å². The average Bonchev–Trinajstić information content (AvgIpc) is 3.39. The van der Waals surface area contributed by atoms with Crippen molar-refractivity contribution in [1.29, 1.82) is 0 Å². The van der Waals surface area contributed by atoms with E-state index in [1.807, 2.05) is 22.1 Å². The van der Waals surface area contributed by atoms with Gasteiger partial charge in [-0.3, -0.25) is 0 Å². The number of fused-ring (bicyclic) bond motifs is 2. The van der Waals surface area contributed by atoms with E-state index in [2.05, 4.69) is 160 Å². The number of hydrogen-bond acceptors (Lipinski definition) is 3. The van der Waals surface area contributed by atoms with E-state index in [-0.39, 0.29) is 16.6 Å². The Balaban J connectivity index is 1.46. The lowest BCUT2D eigenvalue weighted by Crippen LogP contribution is -2.26. The summed E-state index contributed by atoms with van der Waals surface area (Å²) in [6.07, 6.45) is 16.4. The van der Waals surface area contributed by atoms with Gasteiger partial charge in [-0.15, -0.1) is 0 Å². The van der Waals surface area contributed by atoms with Gasteiger partial charge in [0.05, 0.1) is 5.41 Å². The van der Waals surface area contributed by atoms with E-state index < -0.39 is 0 Å². The number of para-hydroxylation sites is 2. The molecule has 0 fully saturated rings. The molecule has 1 aliphatic carbocycles. The Morgan fingerprint density at radius 3 is 2.26 bits per heavy atom. The molecule has 0 atom stereocenters. The Kier molecular flexibility index (Phi) is 9.13. The first-order valence-electron chi connectivity index (χ1n) is 15.7. The van der Waals surface area contributed by atoms with Gasteiger partial charge in [-0.05, 0) is 91.2 Å². The molecule has 4 nitrogen and oxygen atoms in total. The summed E-state index contributed by atoms with van der Waals surface area (Å²) in [7, 11) is 0. The molecule has 2 N–H and O–H groups in total. The molecule has 234 valence electrons. The molecule has 6 rings (SSSR count). The zero-order valence-electron chi connectivity index (χ0n) is 26.8. The first-order valence-corrected chi connectivity index (χ1v) is 17.6. The molecule has 3 aliphatic rings. The van der Waals surface area contributed by atoms with Crippen molar-refractivity contribution in [3.05, 3.63) is 153 Å². The standard InChI is InChI=1S/C40H39Br2N3O/c1-39(2)32-12-5-7-14-34(32)44(26-24-41)36(39)22-16-28-10-9-11-29(38(28)43-30-18-20-31(46)21-19-30)17-23-37-40(3,4)33-13-6-8-15-35(33)45(37)27-25-42/h5-8,12-27,46H,9-11H2,1-4H3/p+1/b26-24+,27-25+,28-16+,36-22+. The van der Waals surface area contributed by atoms with Crippen LogP contribution in [-0.4, -0.2) is 15.4 Å². The molecule has 0 spiro atoms. The lowest BCUT2D eigenvalue weighted by molar-refractivity contribution is -0.356. The van der Waals surface area contributed by atoms with Crippen molar-refractivity contribution in [1.82, 2.24) is 0 Å². The van der Waals surface area contributed by atoms with Crippen molar-refractivity contribution in [3.63, 3.8) is 0 Å². The Morgan fingerprint density at radius 1 is 0.804 bits per heavy atom. The van der Waals surface area contributed by atoms with Crippen LogP contribution in [0, 0.1) is 0 Å². The van der Waals surface area contributed by atoms with Crippen LogP contribution in [0.3, 0.4) is 0 Å². The third-order valence-electron chi connectivity index (χ3n) is 9.44. The van der Waals surface area contributed by atoms with E-state index in [1.165, 1.54) is 45.1 Å². The first-order chi connectivity index (χ1) is 22.2. The van der Waals surface area contributed by atoms with Crippen molar-refractivity contribution in [3.8, 4) is 5.75 Å². The molecule has 2 heterocycles. The van der Waals surface area contributed by atoms with Crippen LogP contribution in [0.1, 0.15) is 58.1 Å². The Labute approximate surface area is 289 Å². The summed E-state index contributed by atoms with van der Waals surface area (Å²) in [6, 6.07) is 24.6. The highest BCUT2D eigenvalue weighted by Gasteiger charge is 2.43. The Hall–Kier alpha value is -3.87. The molecule has 0 unspecified atom stereocenters. The summed E-state index contributed by atoms with van der Waals surface area (Å²) in [5.41, 5.74) is 11.8. The second kappa shape index (κ2) is 13.1. The summed E-state index contributed by atoms with van der Waals surface area (Å²) in [5.74, 6) is 0.256. The number of halogens is 2. The number of nitrogens with one attached hydrogen (secondary N) is 1. The van der Waals surface area contributed by atoms with Crippen molar-refractivity contribution < 1.29 is 9.68 Å². The zero-order valence-corrected chi connectivity index (χ0v) is 29.9. The minimum atomic E-state index is -0.155. The van der Waals surface area contributed by atoms with E-state index in [9.17, 15) is 5.11 Å². The number of anilines is 2. The molecule has 0 amide bonds. The van der Waals surface area contributed by atoms with Crippen LogP contribution in [0.5, 0.6) is 5.75 Å². The monoisotopic (exact) mass is 736 g/mol. The van der Waals surface area contributed by atoms with E-state index in [0.29, 0.717) is 0 Å². The number of rotatable bonds is 7. The van der Waals surface area contributed by atoms with Crippen molar-refractivity contribution in [2.45, 2.75) is 57.8 Å². The maximum absolute atomic E-state index is 9.96. The van der Waals surface area contributed by atoms with Crippen molar-refractivity contribution >= 4 is 54.6 Å². The quantitative estimate of drug-likeness (QED) is 0.187. The van der Waals surface area contributed by atoms with Gasteiger partial charge in [0.2, 0.25) is 5.69 Å². The van der Waals surface area contributed by atoms with Crippen LogP contribution in [-0.2, 0) is 10.8 Å². The van der Waals surface area contributed by atoms with Crippen LogP contribution in [0.4, 0.5) is 17.1 Å². The molecular formula is C40H40Br2N3O+. The maximum atomic E-state index is 9.96. The Morgan fingerprint density at radius 2 is 1.52 bits per heavy atom. The second-order valence-corrected chi connectivity index (χ2v) is 14.0. The highest BCUT2D eigenvalue weighted by molar-refractivity contribution is 9.11. The van der Waals surface area contributed by atoms with Crippen LogP contribution >= 0.6 is 31.9 Å². The van der Waals surface area contributed by atoms with Gasteiger partial charge in [0.15, 0.2) is 11.9 Å². The molecule has 0 bridgehead atoms. The summed E-state index contributed by atoms with van der Waals surface area (Å²) < 4.78 is 2.28. The molecule has 3 aromatic rings. The number of nitrogens with zero attached hydrogens (tertiary/aromatic N) is 2. The number of hydrogen-bond donors (Lipinski definition) is 2. The molecular weight excluding hydrogens is 698 g/mol. The van der Waals surface area contributed by atoms with Gasteiger partial charge in [-0.25, -0.2) is 0 Å². The SMILES string of the molecule is CC1(C)C(/C=C/C2=C(Nc3ccc(O)cc3)C(=C/C=C3/N(/C=C/Br)c4ccccc4C3(C)C)/CCC2)=[N+](/C=C/Br)c2ccccc21. The minimum absolute atomic E-state index is 0.155. The van der Waals surface area contributed by atoms with Gasteiger partial charge in [0.25, 0.3) is 0 Å². The molecule has 0 saturated carbocycles. The molecule has 3 aromatic carbocycles. The van der Waals surface area contributed by atoms with Crippen LogP contribution in [0.25, 0.3) is 0 Å². The van der Waals surface area contributed by atoms with Gasteiger partial charge < -0.3 is 15.3 Å². The number of phenols is 1. The van der Waals surface area contributed by atoms with E-state index in [4.69, 9.17) is 0 Å². The Bertz CT molecular complexity index is 1870. The predicted octanol–water partition coefficient (Wildman–Crippen LogP) is 11.2. The van der Waals surface area contributed by atoms with Crippen molar-refractivity contribution in [2.75, 3.05) is 10.2 Å². The number of phenolic OH excluding ortho intramolecular Hbond substituents is 1. The second-order valence-electron chi connectivity index (χ2n) is 13.0. The molecule has 0 aromatic heterocycles. The van der Waals surface area contributed by atoms with Gasteiger partial charge in [-0.2, -0.15) is 4.58 Å². The topological polar surface area (TPSA) is 38.5 Å². The molecule has 2 aliphatic heterocycles. The van der Waals surface area contributed by atoms with Gasteiger partial charge in [0.1, 0.15) is 5.75 Å². The normalized spacial score (nSPS) is 20.6. The largest absolute Gasteiger partial charge is 0.508 e. The lowest BCUT2D eigenvalue weighted by Gasteiger charge is -2.26. The van der Waals surface area contributed by atoms with Gasteiger partial charge in [0, 0.05) is 57.1 Å². The van der Waals surface area contributed by atoms with Crippen molar-refractivity contribution in [2.24, 2.45) is 0 Å². The van der Waals surface area contributed by atoms with E-state index in [1.54, 1.807) is 12.1 Å². The summed E-state index contributed by atoms with van der Waals surface area (Å²) in [6.45, 7) is 9.18. The highest BCUT2D eigenvalue weighted by atomic mass is 79.9.